The molecule has 0 aromatic rings. The Hall–Kier alpha value is -0.700. The lowest BCUT2D eigenvalue weighted by Gasteiger charge is -2.24. The maximum Gasteiger partial charge on any atom is 0.142 e. The molecule has 10 heavy (non-hydrogen) atoms. The molecule has 1 aliphatic carbocycles. The number of hydrogen-bond donors (Lipinski definition) is 1. The summed E-state index contributed by atoms with van der Waals surface area (Å²) in [6, 6.07) is 0. The highest BCUT2D eigenvalue weighted by Crippen LogP contribution is 2.21. The van der Waals surface area contributed by atoms with Crippen LogP contribution in [0.1, 0.15) is 6.92 Å². The lowest BCUT2D eigenvalue weighted by molar-refractivity contribution is 0.289. The minimum atomic E-state index is -1.42. The molecule has 56 valence electrons. The van der Waals surface area contributed by atoms with Crippen LogP contribution in [0.3, 0.4) is 0 Å². The highest BCUT2D eigenvalue weighted by Gasteiger charge is 2.28. The van der Waals surface area contributed by atoms with Crippen LogP contribution in [-0.2, 0) is 0 Å². The van der Waals surface area contributed by atoms with E-state index in [4.69, 9.17) is 5.73 Å². The summed E-state index contributed by atoms with van der Waals surface area (Å²) in [5.74, 6) is -0.560. The van der Waals surface area contributed by atoms with E-state index in [1.165, 1.54) is 19.1 Å². The van der Waals surface area contributed by atoms with E-state index in [1.54, 1.807) is 0 Å². The zero-order valence-corrected chi connectivity index (χ0v) is 5.64. The van der Waals surface area contributed by atoms with E-state index >= 15 is 0 Å². The van der Waals surface area contributed by atoms with Crippen LogP contribution in [-0.4, -0.2) is 11.7 Å². The molecule has 0 bridgehead atoms. The van der Waals surface area contributed by atoms with E-state index in [-0.39, 0.29) is 0 Å². The van der Waals surface area contributed by atoms with Crippen LogP contribution in [0.25, 0.3) is 0 Å². The molecule has 1 nitrogen and oxygen atoms in total. The Morgan fingerprint density at radius 2 is 2.30 bits per heavy atom. The summed E-state index contributed by atoms with van der Waals surface area (Å²) in [4.78, 5) is 0. The maximum absolute atomic E-state index is 12.7. The summed E-state index contributed by atoms with van der Waals surface area (Å²) in [5.41, 5.74) is 4.36. The second-order valence-corrected chi connectivity index (χ2v) is 2.65. The molecule has 2 unspecified atom stereocenters. The van der Waals surface area contributed by atoms with Gasteiger partial charge in [-0.2, -0.15) is 0 Å². The van der Waals surface area contributed by atoms with Crippen molar-refractivity contribution in [2.45, 2.75) is 18.6 Å². The second kappa shape index (κ2) is 2.16. The van der Waals surface area contributed by atoms with E-state index in [0.717, 1.165) is 6.08 Å². The third-order valence-corrected chi connectivity index (χ3v) is 1.50. The largest absolute Gasteiger partial charge is 0.319 e. The topological polar surface area (TPSA) is 26.0 Å². The summed E-state index contributed by atoms with van der Waals surface area (Å²) >= 11 is 0. The summed E-state index contributed by atoms with van der Waals surface area (Å²) in [5, 5.41) is 0. The average Bonchev–Trinajstić information content (AvgIpc) is 1.81. The van der Waals surface area contributed by atoms with Gasteiger partial charge in [-0.25, -0.2) is 8.78 Å². The van der Waals surface area contributed by atoms with Gasteiger partial charge in [0, 0.05) is 0 Å². The van der Waals surface area contributed by atoms with Crippen LogP contribution in [0.4, 0.5) is 8.78 Å². The molecule has 2 atom stereocenters. The number of allylic oxidation sites excluding steroid dienone is 2. The van der Waals surface area contributed by atoms with Crippen molar-refractivity contribution in [3.05, 3.63) is 24.1 Å². The number of nitrogens with two attached hydrogens (primary N) is 1. The number of alkyl halides is 1. The minimum absolute atomic E-state index is 0.560. The summed E-state index contributed by atoms with van der Waals surface area (Å²) < 4.78 is 25.0. The molecule has 0 heterocycles. The fourth-order valence-electron chi connectivity index (χ4n) is 0.726. The van der Waals surface area contributed by atoms with Gasteiger partial charge in [0.1, 0.15) is 12.0 Å². The average molecular weight is 145 g/mol. The molecule has 1 aliphatic rings. The molecular formula is C7H9F2N. The van der Waals surface area contributed by atoms with Gasteiger partial charge in [-0.1, -0.05) is 6.08 Å². The predicted molar refractivity (Wildman–Crippen MR) is 35.8 cm³/mol. The van der Waals surface area contributed by atoms with Gasteiger partial charge in [0.15, 0.2) is 0 Å². The molecule has 0 aromatic carbocycles. The van der Waals surface area contributed by atoms with Crippen LogP contribution in [0.2, 0.25) is 0 Å². The Morgan fingerprint density at radius 3 is 2.70 bits per heavy atom. The molecule has 0 radical (unpaired) electrons. The monoisotopic (exact) mass is 145 g/mol. The fourth-order valence-corrected chi connectivity index (χ4v) is 0.726. The van der Waals surface area contributed by atoms with Gasteiger partial charge in [-0.3, -0.25) is 0 Å². The van der Waals surface area contributed by atoms with Gasteiger partial charge in [0.25, 0.3) is 0 Å². The molecule has 0 saturated carbocycles. The first kappa shape index (κ1) is 7.41. The van der Waals surface area contributed by atoms with Crippen molar-refractivity contribution in [3.8, 4) is 0 Å². The molecule has 2 N–H and O–H groups in total. The molecular weight excluding hydrogens is 136 g/mol. The van der Waals surface area contributed by atoms with Crippen molar-refractivity contribution in [2.75, 3.05) is 0 Å². The van der Waals surface area contributed by atoms with Crippen LogP contribution in [0, 0.1) is 0 Å². The quantitative estimate of drug-likeness (QED) is 0.548. The van der Waals surface area contributed by atoms with Gasteiger partial charge < -0.3 is 5.73 Å². The van der Waals surface area contributed by atoms with Crippen LogP contribution in [0.5, 0.6) is 0 Å². The van der Waals surface area contributed by atoms with Crippen molar-refractivity contribution >= 4 is 0 Å². The molecule has 0 fully saturated rings. The van der Waals surface area contributed by atoms with Gasteiger partial charge in [-0.05, 0) is 19.1 Å². The smallest absolute Gasteiger partial charge is 0.142 e. The van der Waals surface area contributed by atoms with E-state index in [2.05, 4.69) is 0 Å². The first-order valence-electron chi connectivity index (χ1n) is 3.02. The third kappa shape index (κ3) is 1.24. The Labute approximate surface area is 58.2 Å². The Bertz CT molecular complexity index is 194. The van der Waals surface area contributed by atoms with Crippen LogP contribution < -0.4 is 5.73 Å². The highest BCUT2D eigenvalue weighted by atomic mass is 19.1. The van der Waals surface area contributed by atoms with Crippen LogP contribution >= 0.6 is 0 Å². The third-order valence-electron chi connectivity index (χ3n) is 1.50. The standard InChI is InChI=1S/C7H9F2N/c1-7(10)3-2-5(8)4-6(7)9/h2-4,6H,10H2,1H3. The van der Waals surface area contributed by atoms with Crippen molar-refractivity contribution in [2.24, 2.45) is 5.73 Å². The molecule has 1 rings (SSSR count). The van der Waals surface area contributed by atoms with E-state index in [1.807, 2.05) is 0 Å². The normalized spacial score (nSPS) is 39.6. The highest BCUT2D eigenvalue weighted by molar-refractivity contribution is 5.27. The second-order valence-electron chi connectivity index (χ2n) is 2.65. The summed E-state index contributed by atoms with van der Waals surface area (Å²) in [6.07, 6.45) is 1.96. The minimum Gasteiger partial charge on any atom is -0.319 e. The van der Waals surface area contributed by atoms with Crippen molar-refractivity contribution in [3.63, 3.8) is 0 Å². The molecule has 0 aromatic heterocycles. The zero-order chi connectivity index (χ0) is 7.78. The van der Waals surface area contributed by atoms with Crippen molar-refractivity contribution in [1.82, 2.24) is 0 Å². The number of hydrogen-bond acceptors (Lipinski definition) is 1. The van der Waals surface area contributed by atoms with Gasteiger partial charge in [0.05, 0.1) is 5.54 Å². The Balaban J connectivity index is 2.84. The predicted octanol–water partition coefficient (Wildman–Crippen LogP) is 1.47. The SMILES string of the molecule is CC1(N)C=CC(F)=CC1F. The van der Waals surface area contributed by atoms with Crippen molar-refractivity contribution in [1.29, 1.82) is 0 Å². The maximum atomic E-state index is 12.7. The molecule has 0 amide bonds. The lowest BCUT2D eigenvalue weighted by Crippen LogP contribution is -2.44. The van der Waals surface area contributed by atoms with Crippen molar-refractivity contribution < 1.29 is 8.78 Å². The lowest BCUT2D eigenvalue weighted by atomic mass is 9.93. The van der Waals surface area contributed by atoms with Gasteiger partial charge in [-0.15, -0.1) is 0 Å². The summed E-state index contributed by atoms with van der Waals surface area (Å²) in [7, 11) is 0. The Kier molecular flexibility index (Phi) is 1.60. The molecule has 0 aliphatic heterocycles. The van der Waals surface area contributed by atoms with Gasteiger partial charge in [0.2, 0.25) is 0 Å². The molecule has 0 saturated heterocycles. The zero-order valence-electron chi connectivity index (χ0n) is 5.64. The number of rotatable bonds is 0. The fraction of sp³-hybridized carbons (Fsp3) is 0.429. The molecule has 3 heteroatoms. The summed E-state index contributed by atoms with van der Waals surface area (Å²) in [6.45, 7) is 1.51. The van der Waals surface area contributed by atoms with E-state index in [9.17, 15) is 8.78 Å². The van der Waals surface area contributed by atoms with E-state index < -0.39 is 17.5 Å². The first-order valence-corrected chi connectivity index (χ1v) is 3.02. The van der Waals surface area contributed by atoms with Gasteiger partial charge >= 0.3 is 0 Å². The van der Waals surface area contributed by atoms with Crippen LogP contribution in [0.15, 0.2) is 24.1 Å². The number of halogens is 2. The first-order chi connectivity index (χ1) is 4.52. The van der Waals surface area contributed by atoms with E-state index in [0.29, 0.717) is 0 Å². The Morgan fingerprint density at radius 1 is 1.70 bits per heavy atom. The molecule has 0 spiro atoms.